The fourth-order valence-corrected chi connectivity index (χ4v) is 6.58. The number of nitrogens with zero attached hydrogens (tertiary/aromatic N) is 2. The Kier molecular flexibility index (Phi) is 9.16. The van der Waals surface area contributed by atoms with Gasteiger partial charge in [-0.1, -0.05) is 25.1 Å². The number of anilines is 1. The first-order valence-corrected chi connectivity index (χ1v) is 15.1. The molecule has 4 rings (SSSR count). The zero-order valence-electron chi connectivity index (χ0n) is 22.5. The normalized spacial score (nSPS) is 18.6. The molecule has 1 aliphatic rings. The van der Waals surface area contributed by atoms with Crippen LogP contribution in [0.15, 0.2) is 64.2 Å². The van der Waals surface area contributed by atoms with Gasteiger partial charge in [0.2, 0.25) is 0 Å². The summed E-state index contributed by atoms with van der Waals surface area (Å²) in [7, 11) is -0.132. The molecule has 9 nitrogen and oxygen atoms in total. The largest absolute Gasteiger partial charge is 0.497 e. The highest BCUT2D eigenvalue weighted by atomic mass is 32.2. The minimum Gasteiger partial charge on any atom is -0.497 e. The Morgan fingerprint density at radius 3 is 2.62 bits per heavy atom. The van der Waals surface area contributed by atoms with Gasteiger partial charge in [-0.25, -0.2) is 8.42 Å². The van der Waals surface area contributed by atoms with E-state index in [-0.39, 0.29) is 40.0 Å². The molecule has 0 unspecified atom stereocenters. The first-order valence-electron chi connectivity index (χ1n) is 12.7. The Morgan fingerprint density at radius 1 is 1.23 bits per heavy atom. The number of nitrogens with one attached hydrogen (secondary N) is 1. The second-order valence-corrected chi connectivity index (χ2v) is 12.8. The van der Waals surface area contributed by atoms with Gasteiger partial charge in [0.25, 0.3) is 15.9 Å². The fraction of sp³-hybridized carbons (Fsp3) is 0.393. The van der Waals surface area contributed by atoms with Gasteiger partial charge in [0.1, 0.15) is 21.8 Å². The summed E-state index contributed by atoms with van der Waals surface area (Å²) in [5, 5.41) is 11.6. The van der Waals surface area contributed by atoms with Crippen LogP contribution in [-0.4, -0.2) is 75.2 Å². The molecule has 3 aromatic rings. The maximum absolute atomic E-state index is 13.6. The SMILES string of the molecule is COc1ccc(CN(C)C[C@H]2Oc3ccc(NS(=O)(=O)c4cccs4)cc3C(=O)N([C@@H](C)CO)C[C@H]2C)cc1. The Balaban J connectivity index is 1.60. The number of fused-ring (bicyclic) bond motifs is 1. The summed E-state index contributed by atoms with van der Waals surface area (Å²) >= 11 is 1.11. The summed E-state index contributed by atoms with van der Waals surface area (Å²) in [5.74, 6) is 0.824. The fourth-order valence-electron chi connectivity index (χ4n) is 4.54. The molecule has 2 N–H and O–H groups in total. The van der Waals surface area contributed by atoms with Gasteiger partial charge in [-0.3, -0.25) is 14.4 Å². The van der Waals surface area contributed by atoms with Crippen molar-refractivity contribution in [3.63, 3.8) is 0 Å². The number of methoxy groups -OCH3 is 1. The number of ether oxygens (including phenoxy) is 2. The molecule has 0 saturated carbocycles. The lowest BCUT2D eigenvalue weighted by atomic mass is 9.99. The average molecular weight is 574 g/mol. The molecule has 0 spiro atoms. The van der Waals surface area contributed by atoms with Gasteiger partial charge in [0.15, 0.2) is 0 Å². The van der Waals surface area contributed by atoms with Crippen LogP contribution in [0.2, 0.25) is 0 Å². The van der Waals surface area contributed by atoms with Crippen LogP contribution in [-0.2, 0) is 16.6 Å². The Bertz CT molecular complexity index is 1360. The molecule has 1 aromatic heterocycles. The summed E-state index contributed by atoms with van der Waals surface area (Å²) < 4.78 is 40.0. The number of carbonyl (C=O) groups excluding carboxylic acids is 1. The molecule has 0 radical (unpaired) electrons. The van der Waals surface area contributed by atoms with E-state index in [1.165, 1.54) is 12.1 Å². The molecule has 210 valence electrons. The van der Waals surface area contributed by atoms with Crippen LogP contribution >= 0.6 is 11.3 Å². The first kappa shape index (κ1) is 28.9. The van der Waals surface area contributed by atoms with Crippen LogP contribution in [0, 0.1) is 5.92 Å². The summed E-state index contributed by atoms with van der Waals surface area (Å²) in [6.07, 6.45) is -0.262. The second kappa shape index (κ2) is 12.4. The second-order valence-electron chi connectivity index (χ2n) is 9.92. The number of carbonyl (C=O) groups is 1. The molecule has 0 fully saturated rings. The van der Waals surface area contributed by atoms with Crippen LogP contribution in [0.3, 0.4) is 0 Å². The highest BCUT2D eigenvalue weighted by molar-refractivity contribution is 7.94. The van der Waals surface area contributed by atoms with Crippen LogP contribution in [0.4, 0.5) is 5.69 Å². The molecular weight excluding hydrogens is 538 g/mol. The molecule has 0 bridgehead atoms. The zero-order chi connectivity index (χ0) is 28.2. The van der Waals surface area contributed by atoms with E-state index < -0.39 is 16.1 Å². The van der Waals surface area contributed by atoms with Gasteiger partial charge in [0, 0.05) is 31.2 Å². The number of aliphatic hydroxyl groups is 1. The first-order chi connectivity index (χ1) is 18.6. The van der Waals surface area contributed by atoms with Gasteiger partial charge >= 0.3 is 0 Å². The van der Waals surface area contributed by atoms with E-state index in [1.807, 2.05) is 38.2 Å². The molecule has 11 heteroatoms. The van der Waals surface area contributed by atoms with E-state index in [0.29, 0.717) is 25.4 Å². The number of sulfonamides is 1. The lowest BCUT2D eigenvalue weighted by Gasteiger charge is -2.38. The monoisotopic (exact) mass is 573 g/mol. The Morgan fingerprint density at radius 2 is 1.97 bits per heavy atom. The van der Waals surface area contributed by atoms with E-state index in [0.717, 1.165) is 22.6 Å². The van der Waals surface area contributed by atoms with Crippen LogP contribution < -0.4 is 14.2 Å². The molecule has 3 atom stereocenters. The number of hydrogen-bond donors (Lipinski definition) is 2. The molecule has 0 aliphatic carbocycles. The van der Waals surface area contributed by atoms with Gasteiger partial charge in [0.05, 0.1) is 25.3 Å². The number of aliphatic hydroxyl groups excluding tert-OH is 1. The molecule has 39 heavy (non-hydrogen) atoms. The van der Waals surface area contributed by atoms with Crippen molar-refractivity contribution in [2.24, 2.45) is 5.92 Å². The maximum atomic E-state index is 13.6. The average Bonchev–Trinajstić information content (AvgIpc) is 3.47. The Hall–Kier alpha value is -3.12. The third-order valence-electron chi connectivity index (χ3n) is 6.78. The highest BCUT2D eigenvalue weighted by Gasteiger charge is 2.33. The van der Waals surface area contributed by atoms with Crippen LogP contribution in [0.5, 0.6) is 11.5 Å². The highest BCUT2D eigenvalue weighted by Crippen LogP contribution is 2.32. The Labute approximate surface area is 234 Å². The van der Waals surface area contributed by atoms with E-state index >= 15 is 0 Å². The molecule has 2 aromatic carbocycles. The number of amides is 1. The standard InChI is InChI=1S/C28H35N3O6S2/c1-19-15-31(20(2)18-32)28(33)24-14-22(29-39(34,35)27-6-5-13-38-27)9-12-25(24)37-26(19)17-30(3)16-21-7-10-23(36-4)11-8-21/h5-14,19-20,26,29,32H,15-18H2,1-4H3/t19-,20+,26-/m1/s1. The predicted octanol–water partition coefficient (Wildman–Crippen LogP) is 3.91. The summed E-state index contributed by atoms with van der Waals surface area (Å²) in [4.78, 5) is 17.4. The molecule has 1 aliphatic heterocycles. The van der Waals surface area contributed by atoms with Crippen molar-refractivity contribution in [3.05, 3.63) is 71.1 Å². The van der Waals surface area contributed by atoms with Crippen molar-refractivity contribution in [1.82, 2.24) is 9.80 Å². The predicted molar refractivity (Wildman–Crippen MR) is 152 cm³/mol. The van der Waals surface area contributed by atoms with Crippen molar-refractivity contribution in [3.8, 4) is 11.5 Å². The molecule has 0 saturated heterocycles. The van der Waals surface area contributed by atoms with Gasteiger partial charge in [-0.15, -0.1) is 11.3 Å². The summed E-state index contributed by atoms with van der Waals surface area (Å²) in [6.45, 7) is 5.30. The van der Waals surface area contributed by atoms with Gasteiger partial charge in [-0.05, 0) is 61.3 Å². The number of rotatable bonds is 10. The van der Waals surface area contributed by atoms with E-state index in [1.54, 1.807) is 42.5 Å². The van der Waals surface area contributed by atoms with Crippen molar-refractivity contribution in [2.45, 2.75) is 36.7 Å². The molecular formula is C28H35N3O6S2. The number of likely N-dealkylation sites (N-methyl/N-ethyl adjacent to an activating group) is 1. The van der Waals surface area contributed by atoms with E-state index in [9.17, 15) is 18.3 Å². The lowest BCUT2D eigenvalue weighted by Crippen LogP contribution is -2.49. The van der Waals surface area contributed by atoms with Gasteiger partial charge in [-0.2, -0.15) is 0 Å². The van der Waals surface area contributed by atoms with Crippen molar-refractivity contribution >= 4 is 33.0 Å². The minimum atomic E-state index is -3.79. The number of hydrogen-bond acceptors (Lipinski definition) is 8. The summed E-state index contributed by atoms with van der Waals surface area (Å²) in [5.41, 5.74) is 1.64. The number of thiophene rings is 1. The topological polar surface area (TPSA) is 108 Å². The quantitative estimate of drug-likeness (QED) is 0.379. The van der Waals surface area contributed by atoms with E-state index in [2.05, 4.69) is 9.62 Å². The third kappa shape index (κ3) is 6.91. The maximum Gasteiger partial charge on any atom is 0.271 e. The van der Waals surface area contributed by atoms with E-state index in [4.69, 9.17) is 9.47 Å². The lowest BCUT2D eigenvalue weighted by molar-refractivity contribution is 0.0341. The van der Waals surface area contributed by atoms with Gasteiger partial charge < -0.3 is 19.5 Å². The van der Waals surface area contributed by atoms with Crippen molar-refractivity contribution in [2.75, 3.05) is 38.6 Å². The smallest absolute Gasteiger partial charge is 0.271 e. The third-order valence-corrected chi connectivity index (χ3v) is 9.56. The van der Waals surface area contributed by atoms with Crippen molar-refractivity contribution < 1.29 is 27.8 Å². The molecule has 1 amide bonds. The van der Waals surface area contributed by atoms with Crippen LogP contribution in [0.25, 0.3) is 0 Å². The minimum absolute atomic E-state index is 0.0357. The number of benzene rings is 2. The summed E-state index contributed by atoms with van der Waals surface area (Å²) in [6, 6.07) is 15.4. The molecule has 2 heterocycles. The zero-order valence-corrected chi connectivity index (χ0v) is 24.2. The van der Waals surface area contributed by atoms with Crippen LogP contribution in [0.1, 0.15) is 29.8 Å². The van der Waals surface area contributed by atoms with Crippen molar-refractivity contribution in [1.29, 1.82) is 0 Å².